The number of primary sulfonamides is 1. The van der Waals surface area contributed by atoms with Crippen LogP contribution < -0.4 is 10.5 Å². The van der Waals surface area contributed by atoms with Crippen molar-refractivity contribution in [2.45, 2.75) is 36.7 Å². The number of para-hydroxylation sites is 1. The Bertz CT molecular complexity index is 1230. The van der Waals surface area contributed by atoms with Crippen molar-refractivity contribution in [3.8, 4) is 0 Å². The molecule has 0 aliphatic carbocycles. The van der Waals surface area contributed by atoms with Crippen molar-refractivity contribution in [2.24, 2.45) is 5.14 Å². The van der Waals surface area contributed by atoms with E-state index in [9.17, 15) is 17.6 Å². The van der Waals surface area contributed by atoms with Crippen molar-refractivity contribution in [3.05, 3.63) is 66.1 Å². The fraction of sp³-hybridized carbons (Fsp3) is 0.273. The van der Waals surface area contributed by atoms with E-state index in [0.717, 1.165) is 30.5 Å². The fourth-order valence-electron chi connectivity index (χ4n) is 3.95. The number of halogens is 1. The molecule has 0 saturated carbocycles. The van der Waals surface area contributed by atoms with Gasteiger partial charge in [0.05, 0.1) is 22.9 Å². The fourth-order valence-corrected chi connectivity index (χ4v) is 4.64. The van der Waals surface area contributed by atoms with Gasteiger partial charge in [0, 0.05) is 11.9 Å². The Labute approximate surface area is 180 Å². The van der Waals surface area contributed by atoms with Crippen LogP contribution in [-0.2, 0) is 21.4 Å². The van der Waals surface area contributed by atoms with Crippen LogP contribution in [0.3, 0.4) is 0 Å². The number of sulfonamides is 1. The summed E-state index contributed by atoms with van der Waals surface area (Å²) < 4.78 is 37.1. The number of carbonyl (C=O) groups is 1. The second kappa shape index (κ2) is 8.70. The molecule has 1 fully saturated rings. The van der Waals surface area contributed by atoms with Crippen molar-refractivity contribution in [1.82, 2.24) is 9.88 Å². The monoisotopic (exact) mass is 442 g/mol. The van der Waals surface area contributed by atoms with Crippen LogP contribution in [0.25, 0.3) is 10.9 Å². The minimum absolute atomic E-state index is 0.117. The van der Waals surface area contributed by atoms with Gasteiger partial charge < -0.3 is 5.32 Å². The molecule has 0 bridgehead atoms. The number of nitrogens with two attached hydrogens (primary N) is 1. The number of likely N-dealkylation sites (tertiary alicyclic amines) is 1. The number of benzene rings is 2. The Morgan fingerprint density at radius 2 is 1.97 bits per heavy atom. The molecule has 9 heteroatoms. The number of pyridine rings is 1. The van der Waals surface area contributed by atoms with Gasteiger partial charge in [-0.15, -0.1) is 0 Å². The zero-order valence-corrected chi connectivity index (χ0v) is 17.6. The molecule has 1 aliphatic rings. The number of piperidine rings is 1. The molecule has 1 atom stereocenters. The quantitative estimate of drug-likeness (QED) is 0.632. The summed E-state index contributed by atoms with van der Waals surface area (Å²) in [6, 6.07) is 13.8. The van der Waals surface area contributed by atoms with Gasteiger partial charge in [0.25, 0.3) is 0 Å². The van der Waals surface area contributed by atoms with E-state index in [2.05, 4.69) is 10.3 Å². The van der Waals surface area contributed by atoms with Crippen LogP contribution in [0.15, 0.2) is 59.5 Å². The Hall–Kier alpha value is -2.88. The molecule has 1 aliphatic heterocycles. The number of aromatic nitrogens is 1. The van der Waals surface area contributed by atoms with Crippen LogP contribution >= 0.6 is 0 Å². The van der Waals surface area contributed by atoms with Gasteiger partial charge in [0.2, 0.25) is 15.9 Å². The van der Waals surface area contributed by atoms with Crippen LogP contribution in [-0.4, -0.2) is 36.8 Å². The molecular formula is C22H23FN4O3S. The highest BCUT2D eigenvalue weighted by Gasteiger charge is 2.30. The molecule has 1 unspecified atom stereocenters. The second-order valence-corrected chi connectivity index (χ2v) is 9.18. The number of rotatable bonds is 5. The SMILES string of the molecule is NS(=O)(=O)c1ccccc1NC(=O)C1CCCCN1Cc1ccc2cc(F)ccc2n1. The summed E-state index contributed by atoms with van der Waals surface area (Å²) in [5, 5.41) is 8.73. The van der Waals surface area contributed by atoms with Crippen LogP contribution in [0, 0.1) is 5.82 Å². The number of amides is 1. The standard InChI is InChI=1S/C22H23FN4O3S/c23-16-9-11-18-15(13-16)8-10-17(25-18)14-27-12-4-3-6-20(27)22(28)26-19-5-1-2-7-21(19)31(24,29)30/h1-2,5,7-11,13,20H,3-4,6,12,14H2,(H,26,28)(H2,24,29,30). The predicted molar refractivity (Wildman–Crippen MR) is 116 cm³/mol. The highest BCUT2D eigenvalue weighted by atomic mass is 32.2. The van der Waals surface area contributed by atoms with Gasteiger partial charge in [0.1, 0.15) is 10.7 Å². The van der Waals surface area contributed by atoms with Crippen molar-refractivity contribution < 1.29 is 17.6 Å². The van der Waals surface area contributed by atoms with E-state index in [-0.39, 0.29) is 22.3 Å². The van der Waals surface area contributed by atoms with Crippen molar-refractivity contribution in [1.29, 1.82) is 0 Å². The first-order valence-electron chi connectivity index (χ1n) is 10.0. The van der Waals surface area contributed by atoms with Crippen LogP contribution in [0.4, 0.5) is 10.1 Å². The lowest BCUT2D eigenvalue weighted by Crippen LogP contribution is -2.46. The van der Waals surface area contributed by atoms with E-state index in [0.29, 0.717) is 18.5 Å². The molecule has 1 amide bonds. The maximum Gasteiger partial charge on any atom is 0.241 e. The number of hydrogen-bond donors (Lipinski definition) is 2. The molecule has 0 radical (unpaired) electrons. The van der Waals surface area contributed by atoms with Crippen LogP contribution in [0.5, 0.6) is 0 Å². The Morgan fingerprint density at radius 3 is 2.77 bits per heavy atom. The molecule has 3 N–H and O–H groups in total. The zero-order valence-electron chi connectivity index (χ0n) is 16.8. The number of carbonyl (C=O) groups excluding carboxylic acids is 1. The van der Waals surface area contributed by atoms with E-state index in [1.807, 2.05) is 17.0 Å². The maximum absolute atomic E-state index is 13.4. The first-order valence-corrected chi connectivity index (χ1v) is 11.6. The summed E-state index contributed by atoms with van der Waals surface area (Å²) in [4.78, 5) is 19.6. The van der Waals surface area contributed by atoms with Gasteiger partial charge in [-0.1, -0.05) is 24.6 Å². The third-order valence-corrected chi connectivity index (χ3v) is 6.41. The Morgan fingerprint density at radius 1 is 1.16 bits per heavy atom. The normalized spacial score (nSPS) is 17.5. The average Bonchev–Trinajstić information content (AvgIpc) is 2.74. The van der Waals surface area contributed by atoms with Crippen molar-refractivity contribution in [3.63, 3.8) is 0 Å². The van der Waals surface area contributed by atoms with Gasteiger partial charge in [0.15, 0.2) is 0 Å². The molecule has 4 rings (SSSR count). The molecule has 7 nitrogen and oxygen atoms in total. The molecule has 3 aromatic rings. The Kier molecular flexibility index (Phi) is 5.99. The second-order valence-electron chi connectivity index (χ2n) is 7.65. The van der Waals surface area contributed by atoms with Crippen molar-refractivity contribution >= 4 is 32.5 Å². The van der Waals surface area contributed by atoms with E-state index < -0.39 is 16.1 Å². The summed E-state index contributed by atoms with van der Waals surface area (Å²) in [6.45, 7) is 1.18. The van der Waals surface area contributed by atoms with Crippen LogP contribution in [0.2, 0.25) is 0 Å². The molecule has 1 aromatic heterocycles. The van der Waals surface area contributed by atoms with Gasteiger partial charge in [-0.2, -0.15) is 0 Å². The highest BCUT2D eigenvalue weighted by Crippen LogP contribution is 2.24. The lowest BCUT2D eigenvalue weighted by atomic mass is 10.0. The molecular weight excluding hydrogens is 419 g/mol. The summed E-state index contributed by atoms with van der Waals surface area (Å²) in [7, 11) is -3.96. The Balaban J connectivity index is 1.54. The molecule has 0 spiro atoms. The van der Waals surface area contributed by atoms with Crippen LogP contribution in [0.1, 0.15) is 25.0 Å². The van der Waals surface area contributed by atoms with Crippen molar-refractivity contribution in [2.75, 3.05) is 11.9 Å². The van der Waals surface area contributed by atoms with Gasteiger partial charge in [-0.25, -0.2) is 17.9 Å². The largest absolute Gasteiger partial charge is 0.323 e. The average molecular weight is 443 g/mol. The minimum Gasteiger partial charge on any atom is -0.323 e. The highest BCUT2D eigenvalue weighted by molar-refractivity contribution is 7.89. The molecule has 31 heavy (non-hydrogen) atoms. The smallest absolute Gasteiger partial charge is 0.241 e. The molecule has 2 aromatic carbocycles. The lowest BCUT2D eigenvalue weighted by molar-refractivity contribution is -0.122. The number of anilines is 1. The van der Waals surface area contributed by atoms with E-state index >= 15 is 0 Å². The van der Waals surface area contributed by atoms with Gasteiger partial charge in [-0.3, -0.25) is 14.7 Å². The number of fused-ring (bicyclic) bond motifs is 1. The molecule has 162 valence electrons. The predicted octanol–water partition coefficient (Wildman–Crippen LogP) is 3.01. The first-order chi connectivity index (χ1) is 14.8. The third-order valence-electron chi connectivity index (χ3n) is 5.44. The third kappa shape index (κ3) is 4.90. The zero-order chi connectivity index (χ0) is 22.0. The minimum atomic E-state index is -3.96. The topological polar surface area (TPSA) is 105 Å². The van der Waals surface area contributed by atoms with E-state index in [1.165, 1.54) is 24.3 Å². The molecule has 2 heterocycles. The summed E-state index contributed by atoms with van der Waals surface area (Å²) in [5.41, 5.74) is 1.65. The summed E-state index contributed by atoms with van der Waals surface area (Å²) >= 11 is 0. The van der Waals surface area contributed by atoms with E-state index in [4.69, 9.17) is 5.14 Å². The van der Waals surface area contributed by atoms with Gasteiger partial charge >= 0.3 is 0 Å². The number of hydrogen-bond acceptors (Lipinski definition) is 5. The van der Waals surface area contributed by atoms with E-state index in [1.54, 1.807) is 18.2 Å². The number of nitrogens with one attached hydrogen (secondary N) is 1. The first kappa shape index (κ1) is 21.4. The lowest BCUT2D eigenvalue weighted by Gasteiger charge is -2.34. The summed E-state index contributed by atoms with van der Waals surface area (Å²) in [5.74, 6) is -0.590. The number of nitrogens with zero attached hydrogens (tertiary/aromatic N) is 2. The molecule has 1 saturated heterocycles. The van der Waals surface area contributed by atoms with Gasteiger partial charge in [-0.05, 0) is 55.8 Å². The summed E-state index contributed by atoms with van der Waals surface area (Å²) in [6.07, 6.45) is 2.51. The maximum atomic E-state index is 13.4.